The van der Waals surface area contributed by atoms with Crippen LogP contribution in [0.5, 0.6) is 0 Å². The molecule has 0 bridgehead atoms. The van der Waals surface area contributed by atoms with Gasteiger partial charge in [0.05, 0.1) is 0 Å². The van der Waals surface area contributed by atoms with E-state index in [1.807, 2.05) is 24.3 Å². The molecule has 0 aliphatic carbocycles. The fraction of sp³-hybridized carbons (Fsp3) is 0.250. The Morgan fingerprint density at radius 1 is 1.13 bits per heavy atom. The summed E-state index contributed by atoms with van der Waals surface area (Å²) in [4.78, 5) is 14.5. The highest BCUT2D eigenvalue weighted by Crippen LogP contribution is 2.24. The van der Waals surface area contributed by atoms with Crippen LogP contribution < -0.4 is 0 Å². The van der Waals surface area contributed by atoms with Gasteiger partial charge in [-0.3, -0.25) is 0 Å². The highest BCUT2D eigenvalue weighted by Gasteiger charge is 2.27. The van der Waals surface area contributed by atoms with Gasteiger partial charge in [0.25, 0.3) is 0 Å². The molecule has 3 rings (SSSR count). The average Bonchev–Trinajstić information content (AvgIpc) is 2.77. The van der Waals surface area contributed by atoms with Crippen molar-refractivity contribution in [3.05, 3.63) is 59.4 Å². The van der Waals surface area contributed by atoms with E-state index in [4.69, 9.17) is 5.11 Å². The highest BCUT2D eigenvalue weighted by molar-refractivity contribution is 7.89. The number of hydrogen-bond donors (Lipinski definition) is 1. The fourth-order valence-electron chi connectivity index (χ4n) is 2.68. The maximum atomic E-state index is 12.8. The minimum Gasteiger partial charge on any atom is -0.477 e. The van der Waals surface area contributed by atoms with E-state index in [0.717, 1.165) is 24.6 Å². The molecule has 0 atom stereocenters. The molecule has 0 saturated carbocycles. The molecule has 0 fully saturated rings. The maximum absolute atomic E-state index is 12.8. The Balaban J connectivity index is 1.92. The van der Waals surface area contributed by atoms with Crippen molar-refractivity contribution in [3.63, 3.8) is 0 Å². The molecule has 120 valence electrons. The number of pyridine rings is 1. The number of rotatable bonds is 3. The summed E-state index contributed by atoms with van der Waals surface area (Å²) >= 11 is 0. The van der Waals surface area contributed by atoms with E-state index in [9.17, 15) is 13.2 Å². The van der Waals surface area contributed by atoms with Crippen LogP contribution in [0, 0.1) is 0 Å². The maximum Gasteiger partial charge on any atom is 0.354 e. The normalized spacial score (nSPS) is 15.7. The molecular weight excluding hydrogens is 316 g/mol. The summed E-state index contributed by atoms with van der Waals surface area (Å²) in [5.41, 5.74) is 2.00. The number of carboxylic acids is 1. The summed E-state index contributed by atoms with van der Waals surface area (Å²) in [6.45, 7) is 0.747. The minimum absolute atomic E-state index is 0.0156. The topological polar surface area (TPSA) is 87.6 Å². The van der Waals surface area contributed by atoms with Gasteiger partial charge in [-0.1, -0.05) is 24.3 Å². The van der Waals surface area contributed by atoms with Crippen molar-refractivity contribution in [3.8, 4) is 0 Å². The van der Waals surface area contributed by atoms with Gasteiger partial charge in [-0.25, -0.2) is 18.2 Å². The molecule has 1 aliphatic rings. The Hall–Kier alpha value is -2.25. The summed E-state index contributed by atoms with van der Waals surface area (Å²) in [5, 5.41) is 8.85. The fourth-order valence-corrected chi connectivity index (χ4v) is 4.09. The Labute approximate surface area is 134 Å². The number of carboxylic acid groups (broad SMARTS) is 1. The van der Waals surface area contributed by atoms with Crippen LogP contribution in [-0.2, 0) is 23.0 Å². The van der Waals surface area contributed by atoms with E-state index in [2.05, 4.69) is 4.98 Å². The zero-order chi connectivity index (χ0) is 16.4. The number of carbonyl (C=O) groups is 1. The largest absolute Gasteiger partial charge is 0.477 e. The van der Waals surface area contributed by atoms with Gasteiger partial charge < -0.3 is 5.11 Å². The van der Waals surface area contributed by atoms with Crippen LogP contribution in [0.4, 0.5) is 0 Å². The average molecular weight is 332 g/mol. The Morgan fingerprint density at radius 3 is 2.52 bits per heavy atom. The van der Waals surface area contributed by atoms with Gasteiger partial charge in [0, 0.05) is 19.3 Å². The number of aryl methyl sites for hydroxylation is 1. The van der Waals surface area contributed by atoms with Gasteiger partial charge in [-0.2, -0.15) is 4.31 Å². The van der Waals surface area contributed by atoms with Crippen molar-refractivity contribution >= 4 is 16.0 Å². The second kappa shape index (κ2) is 6.10. The molecule has 1 aromatic heterocycles. The van der Waals surface area contributed by atoms with Gasteiger partial charge in [-0.15, -0.1) is 0 Å². The number of aromatic carboxylic acids is 1. The lowest BCUT2D eigenvalue weighted by atomic mass is 10.0. The van der Waals surface area contributed by atoms with Crippen LogP contribution in [0.15, 0.2) is 47.5 Å². The molecule has 6 nitrogen and oxygen atoms in total. The zero-order valence-electron chi connectivity index (χ0n) is 12.3. The monoisotopic (exact) mass is 332 g/mol. The Kier molecular flexibility index (Phi) is 4.14. The molecule has 0 saturated heterocycles. The van der Waals surface area contributed by atoms with Crippen LogP contribution in [-0.4, -0.2) is 35.3 Å². The van der Waals surface area contributed by atoms with Crippen LogP contribution >= 0.6 is 0 Å². The minimum atomic E-state index is -3.69. The van der Waals surface area contributed by atoms with E-state index in [1.165, 1.54) is 22.0 Å². The lowest BCUT2D eigenvalue weighted by Crippen LogP contribution is -2.31. The molecule has 0 unspecified atom stereocenters. The summed E-state index contributed by atoms with van der Waals surface area (Å²) < 4.78 is 27.0. The molecule has 23 heavy (non-hydrogen) atoms. The standard InChI is InChI=1S/C16H16N2O4S/c19-16(20)15-8-7-14(10-17-15)23(21,22)18-9-3-6-12-4-1-2-5-13(12)11-18/h1-2,4-5,7-8,10H,3,6,9,11H2,(H,19,20). The van der Waals surface area contributed by atoms with Crippen LogP contribution in [0.3, 0.4) is 0 Å². The molecule has 2 aromatic rings. The first-order valence-corrected chi connectivity index (χ1v) is 8.69. The van der Waals surface area contributed by atoms with Crippen LogP contribution in [0.1, 0.15) is 28.0 Å². The van der Waals surface area contributed by atoms with E-state index < -0.39 is 16.0 Å². The smallest absolute Gasteiger partial charge is 0.354 e. The second-order valence-electron chi connectivity index (χ2n) is 5.40. The van der Waals surface area contributed by atoms with E-state index in [1.54, 1.807) is 0 Å². The van der Waals surface area contributed by atoms with E-state index in [0.29, 0.717) is 13.1 Å². The lowest BCUT2D eigenvalue weighted by molar-refractivity contribution is 0.0690. The predicted molar refractivity (Wildman–Crippen MR) is 83.6 cm³/mol. The van der Waals surface area contributed by atoms with Crippen molar-refractivity contribution in [2.45, 2.75) is 24.3 Å². The number of sulfonamides is 1. The molecule has 0 amide bonds. The Morgan fingerprint density at radius 2 is 1.87 bits per heavy atom. The molecule has 1 N–H and O–H groups in total. The summed E-state index contributed by atoms with van der Waals surface area (Å²) in [6.07, 6.45) is 2.70. The first kappa shape index (κ1) is 15.6. The van der Waals surface area contributed by atoms with Crippen molar-refractivity contribution in [1.29, 1.82) is 0 Å². The summed E-state index contributed by atoms with van der Waals surface area (Å²) in [7, 11) is -3.69. The molecule has 2 heterocycles. The van der Waals surface area contributed by atoms with Crippen molar-refractivity contribution in [2.75, 3.05) is 6.54 Å². The molecule has 0 radical (unpaired) electrons. The first-order chi connectivity index (χ1) is 11.0. The Bertz CT molecular complexity index is 831. The number of hydrogen-bond acceptors (Lipinski definition) is 4. The SMILES string of the molecule is O=C(O)c1ccc(S(=O)(=O)N2CCCc3ccccc3C2)cn1. The third-order valence-corrected chi connectivity index (χ3v) is 5.74. The van der Waals surface area contributed by atoms with Gasteiger partial charge in [0.15, 0.2) is 0 Å². The third kappa shape index (κ3) is 3.11. The number of nitrogens with zero attached hydrogens (tertiary/aromatic N) is 2. The van der Waals surface area contributed by atoms with Gasteiger partial charge in [0.1, 0.15) is 10.6 Å². The quantitative estimate of drug-likeness (QED) is 0.928. The van der Waals surface area contributed by atoms with E-state index >= 15 is 0 Å². The third-order valence-electron chi connectivity index (χ3n) is 3.91. The molecule has 0 spiro atoms. The number of aromatic nitrogens is 1. The zero-order valence-corrected chi connectivity index (χ0v) is 13.2. The second-order valence-corrected chi connectivity index (χ2v) is 7.33. The van der Waals surface area contributed by atoms with Gasteiger partial charge in [-0.05, 0) is 36.1 Å². The van der Waals surface area contributed by atoms with Crippen molar-refractivity contribution in [2.24, 2.45) is 0 Å². The van der Waals surface area contributed by atoms with Gasteiger partial charge >= 0.3 is 5.97 Å². The lowest BCUT2D eigenvalue weighted by Gasteiger charge is -2.20. The number of benzene rings is 1. The molecular formula is C16H16N2O4S. The van der Waals surface area contributed by atoms with E-state index in [-0.39, 0.29) is 10.6 Å². The molecule has 1 aromatic carbocycles. The molecule has 7 heteroatoms. The summed E-state index contributed by atoms with van der Waals surface area (Å²) in [5.74, 6) is -1.18. The van der Waals surface area contributed by atoms with Crippen molar-refractivity contribution < 1.29 is 18.3 Å². The van der Waals surface area contributed by atoms with Crippen LogP contribution in [0.25, 0.3) is 0 Å². The van der Waals surface area contributed by atoms with Gasteiger partial charge in [0.2, 0.25) is 10.0 Å². The number of fused-ring (bicyclic) bond motifs is 1. The first-order valence-electron chi connectivity index (χ1n) is 7.25. The summed E-state index contributed by atoms with van der Waals surface area (Å²) in [6, 6.07) is 10.3. The predicted octanol–water partition coefficient (Wildman–Crippen LogP) is 1.92. The van der Waals surface area contributed by atoms with Crippen molar-refractivity contribution in [1.82, 2.24) is 9.29 Å². The van der Waals surface area contributed by atoms with Crippen LogP contribution in [0.2, 0.25) is 0 Å². The molecule has 1 aliphatic heterocycles. The highest BCUT2D eigenvalue weighted by atomic mass is 32.2.